The van der Waals surface area contributed by atoms with Crippen molar-refractivity contribution in [1.29, 1.82) is 0 Å². The van der Waals surface area contributed by atoms with E-state index in [1.165, 1.54) is 32.5 Å². The van der Waals surface area contributed by atoms with E-state index in [-0.39, 0.29) is 0 Å². The van der Waals surface area contributed by atoms with Crippen molar-refractivity contribution in [1.82, 2.24) is 10.2 Å². The van der Waals surface area contributed by atoms with Gasteiger partial charge in [0.15, 0.2) is 0 Å². The highest BCUT2D eigenvalue weighted by atomic mass is 15.2. The molecule has 0 spiro atoms. The predicted molar refractivity (Wildman–Crippen MR) is 39.9 cm³/mol. The predicted octanol–water partition coefficient (Wildman–Crippen LogP) is 0.0524. The zero-order valence-electron chi connectivity index (χ0n) is 6.21. The van der Waals surface area contributed by atoms with Crippen LogP contribution in [-0.2, 0) is 0 Å². The van der Waals surface area contributed by atoms with Crippen molar-refractivity contribution in [3.8, 4) is 0 Å². The first-order valence-electron chi connectivity index (χ1n) is 4.40. The molecule has 3 fully saturated rings. The standard InChI is InChI=1S/C8H14N2/c1-2-10-4-6-3-7(5-10)9-8(1)6/h6-9H,1-5H2/t6?,7?,8-/m0/s1. The second-order valence-electron chi connectivity index (χ2n) is 4.01. The zero-order chi connectivity index (χ0) is 6.55. The van der Waals surface area contributed by atoms with Crippen molar-refractivity contribution in [2.75, 3.05) is 19.6 Å². The van der Waals surface area contributed by atoms with Crippen LogP contribution in [0.4, 0.5) is 0 Å². The fourth-order valence-electron chi connectivity index (χ4n) is 2.91. The Morgan fingerprint density at radius 3 is 3.30 bits per heavy atom. The molecule has 2 heteroatoms. The van der Waals surface area contributed by atoms with Crippen LogP contribution in [0.15, 0.2) is 0 Å². The van der Waals surface area contributed by atoms with Crippen molar-refractivity contribution in [2.24, 2.45) is 5.92 Å². The molecular formula is C8H14N2. The Hall–Kier alpha value is -0.0800. The molecule has 3 aliphatic rings. The average molecular weight is 138 g/mol. The highest BCUT2D eigenvalue weighted by Crippen LogP contribution is 2.32. The van der Waals surface area contributed by atoms with E-state index in [1.807, 2.05) is 0 Å². The van der Waals surface area contributed by atoms with Gasteiger partial charge in [0.2, 0.25) is 0 Å². The summed E-state index contributed by atoms with van der Waals surface area (Å²) in [5.41, 5.74) is 0. The second-order valence-corrected chi connectivity index (χ2v) is 4.01. The Bertz CT molecular complexity index is 147. The summed E-state index contributed by atoms with van der Waals surface area (Å²) in [7, 11) is 0. The van der Waals surface area contributed by atoms with E-state index < -0.39 is 0 Å². The molecule has 10 heavy (non-hydrogen) atoms. The van der Waals surface area contributed by atoms with Gasteiger partial charge in [-0.15, -0.1) is 0 Å². The maximum atomic E-state index is 3.70. The lowest BCUT2D eigenvalue weighted by molar-refractivity contribution is 0.149. The summed E-state index contributed by atoms with van der Waals surface area (Å²) in [5, 5.41) is 3.70. The normalized spacial score (nSPS) is 57.6. The van der Waals surface area contributed by atoms with Gasteiger partial charge >= 0.3 is 0 Å². The second kappa shape index (κ2) is 1.74. The van der Waals surface area contributed by atoms with Crippen LogP contribution in [0.5, 0.6) is 0 Å². The van der Waals surface area contributed by atoms with Gasteiger partial charge in [-0.3, -0.25) is 0 Å². The number of hydrogen-bond donors (Lipinski definition) is 1. The molecule has 2 nitrogen and oxygen atoms in total. The van der Waals surface area contributed by atoms with Gasteiger partial charge in [-0.1, -0.05) is 0 Å². The maximum absolute atomic E-state index is 3.70. The Kier molecular flexibility index (Phi) is 0.968. The highest BCUT2D eigenvalue weighted by Gasteiger charge is 2.42. The van der Waals surface area contributed by atoms with Crippen LogP contribution in [0.3, 0.4) is 0 Å². The van der Waals surface area contributed by atoms with E-state index in [0.717, 1.165) is 18.0 Å². The van der Waals surface area contributed by atoms with Gasteiger partial charge in [0.1, 0.15) is 0 Å². The molecule has 3 rings (SSSR count). The van der Waals surface area contributed by atoms with E-state index in [2.05, 4.69) is 10.2 Å². The van der Waals surface area contributed by atoms with Gasteiger partial charge in [-0.25, -0.2) is 0 Å². The molecule has 3 aliphatic heterocycles. The van der Waals surface area contributed by atoms with E-state index in [0.29, 0.717) is 0 Å². The smallest absolute Gasteiger partial charge is 0.0201 e. The van der Waals surface area contributed by atoms with Crippen LogP contribution >= 0.6 is 0 Å². The van der Waals surface area contributed by atoms with Crippen molar-refractivity contribution < 1.29 is 0 Å². The average Bonchev–Trinajstić information content (AvgIpc) is 2.11. The first-order chi connectivity index (χ1) is 4.92. The molecule has 1 N–H and O–H groups in total. The minimum atomic E-state index is 0.853. The number of rotatable bonds is 0. The van der Waals surface area contributed by atoms with Gasteiger partial charge in [0.05, 0.1) is 0 Å². The molecule has 4 atom stereocenters. The highest BCUT2D eigenvalue weighted by molar-refractivity contribution is 5.01. The molecule has 0 aromatic rings. The Morgan fingerprint density at radius 2 is 2.30 bits per heavy atom. The first kappa shape index (κ1) is 5.56. The molecule has 3 unspecified atom stereocenters. The third-order valence-electron chi connectivity index (χ3n) is 3.33. The molecule has 0 aromatic carbocycles. The van der Waals surface area contributed by atoms with E-state index in [9.17, 15) is 0 Å². The number of hydrogen-bond acceptors (Lipinski definition) is 2. The monoisotopic (exact) mass is 138 g/mol. The van der Waals surface area contributed by atoms with Gasteiger partial charge in [0, 0.05) is 25.2 Å². The molecule has 0 radical (unpaired) electrons. The molecule has 0 amide bonds. The van der Waals surface area contributed by atoms with Crippen molar-refractivity contribution >= 4 is 0 Å². The first-order valence-corrected chi connectivity index (χ1v) is 4.40. The van der Waals surface area contributed by atoms with E-state index in [4.69, 9.17) is 0 Å². The van der Waals surface area contributed by atoms with Crippen LogP contribution in [0.1, 0.15) is 12.8 Å². The summed E-state index contributed by atoms with van der Waals surface area (Å²) >= 11 is 0. The van der Waals surface area contributed by atoms with Crippen molar-refractivity contribution in [3.63, 3.8) is 0 Å². The Morgan fingerprint density at radius 1 is 1.30 bits per heavy atom. The van der Waals surface area contributed by atoms with Crippen molar-refractivity contribution in [3.05, 3.63) is 0 Å². The molecule has 56 valence electrons. The number of nitrogens with one attached hydrogen (secondary N) is 1. The largest absolute Gasteiger partial charge is 0.310 e. The van der Waals surface area contributed by atoms with Crippen LogP contribution in [0.25, 0.3) is 0 Å². The number of fused-ring (bicyclic) bond motifs is 2. The Labute approximate surface area is 61.6 Å². The minimum Gasteiger partial charge on any atom is -0.310 e. The maximum Gasteiger partial charge on any atom is 0.0201 e. The van der Waals surface area contributed by atoms with Crippen LogP contribution in [-0.4, -0.2) is 36.6 Å². The zero-order valence-corrected chi connectivity index (χ0v) is 6.21. The lowest BCUT2D eigenvalue weighted by Crippen LogP contribution is -2.44. The molecule has 3 bridgehead atoms. The van der Waals surface area contributed by atoms with Crippen LogP contribution in [0, 0.1) is 5.92 Å². The third kappa shape index (κ3) is 0.611. The summed E-state index contributed by atoms with van der Waals surface area (Å²) in [6, 6.07) is 1.75. The minimum absolute atomic E-state index is 0.853. The quantitative estimate of drug-likeness (QED) is 0.509. The van der Waals surface area contributed by atoms with Gasteiger partial charge in [0.25, 0.3) is 0 Å². The summed E-state index contributed by atoms with van der Waals surface area (Å²) in [6.07, 6.45) is 2.86. The fourth-order valence-corrected chi connectivity index (χ4v) is 2.91. The number of piperidine rings is 2. The number of nitrogens with zero attached hydrogens (tertiary/aromatic N) is 1. The summed E-state index contributed by atoms with van der Waals surface area (Å²) < 4.78 is 0. The van der Waals surface area contributed by atoms with Crippen LogP contribution < -0.4 is 5.32 Å². The topological polar surface area (TPSA) is 15.3 Å². The summed E-state index contributed by atoms with van der Waals surface area (Å²) in [6.45, 7) is 4.06. The SMILES string of the molecule is C1C2CN3CC[C@H](N2)C1C3. The van der Waals surface area contributed by atoms with Gasteiger partial charge in [-0.05, 0) is 25.3 Å². The lowest BCUT2D eigenvalue weighted by atomic mass is 9.89. The van der Waals surface area contributed by atoms with E-state index >= 15 is 0 Å². The molecular weight excluding hydrogens is 124 g/mol. The van der Waals surface area contributed by atoms with Crippen LogP contribution in [0.2, 0.25) is 0 Å². The third-order valence-corrected chi connectivity index (χ3v) is 3.33. The summed E-state index contributed by atoms with van der Waals surface area (Å²) in [5.74, 6) is 1.01. The summed E-state index contributed by atoms with van der Waals surface area (Å²) in [4.78, 5) is 2.62. The fraction of sp³-hybridized carbons (Fsp3) is 1.00. The molecule has 3 heterocycles. The van der Waals surface area contributed by atoms with Crippen molar-refractivity contribution in [2.45, 2.75) is 24.9 Å². The van der Waals surface area contributed by atoms with E-state index in [1.54, 1.807) is 0 Å². The van der Waals surface area contributed by atoms with Gasteiger partial charge < -0.3 is 10.2 Å². The molecule has 0 saturated carbocycles. The molecule has 3 saturated heterocycles. The lowest BCUT2D eigenvalue weighted by Gasteiger charge is -2.35. The Balaban J connectivity index is 1.94. The molecule has 0 aromatic heterocycles. The molecule has 0 aliphatic carbocycles. The van der Waals surface area contributed by atoms with Gasteiger partial charge in [-0.2, -0.15) is 0 Å².